The fourth-order valence-electron chi connectivity index (χ4n) is 6.00. The molecule has 0 aliphatic heterocycles. The molecule has 0 unspecified atom stereocenters. The van der Waals surface area contributed by atoms with Gasteiger partial charge in [0.05, 0.1) is 17.9 Å². The van der Waals surface area contributed by atoms with E-state index in [0.29, 0.717) is 18.4 Å². The molecule has 1 heterocycles. The lowest BCUT2D eigenvalue weighted by Gasteiger charge is -2.29. The van der Waals surface area contributed by atoms with E-state index < -0.39 is 0 Å². The molecule has 2 aromatic rings. The number of esters is 1. The van der Waals surface area contributed by atoms with Crippen LogP contribution >= 0.6 is 0 Å². The molecule has 0 saturated heterocycles. The smallest absolute Gasteiger partial charge is 0.338 e. The minimum atomic E-state index is -0.177. The maximum Gasteiger partial charge on any atom is 0.338 e. The van der Waals surface area contributed by atoms with Crippen LogP contribution in [-0.4, -0.2) is 17.6 Å². The second-order valence-corrected chi connectivity index (χ2v) is 10.0. The molecule has 0 N–H and O–H groups in total. The van der Waals surface area contributed by atoms with Crippen LogP contribution in [0.4, 0.5) is 0 Å². The summed E-state index contributed by atoms with van der Waals surface area (Å²) >= 11 is 0. The molecule has 1 aromatic carbocycles. The third-order valence-corrected chi connectivity index (χ3v) is 7.72. The normalized spacial score (nSPS) is 19.2. The van der Waals surface area contributed by atoms with E-state index in [-0.39, 0.29) is 5.97 Å². The maximum atomic E-state index is 13.0. The third-order valence-electron chi connectivity index (χ3n) is 7.72. The number of aromatic nitrogens is 1. The first-order chi connectivity index (χ1) is 16.3. The minimum absolute atomic E-state index is 0.177. The second kappa shape index (κ2) is 12.3. The summed E-state index contributed by atoms with van der Waals surface area (Å²) in [6, 6.07) is 10.6. The number of hydrogen-bond acceptors (Lipinski definition) is 3. The van der Waals surface area contributed by atoms with Crippen molar-refractivity contribution in [1.29, 1.82) is 0 Å². The van der Waals surface area contributed by atoms with Crippen LogP contribution in [0.2, 0.25) is 0 Å². The van der Waals surface area contributed by atoms with Gasteiger partial charge in [0.15, 0.2) is 0 Å². The summed E-state index contributed by atoms with van der Waals surface area (Å²) in [6.45, 7) is 2.31. The van der Waals surface area contributed by atoms with E-state index in [2.05, 4.69) is 24.3 Å². The first-order valence-corrected chi connectivity index (χ1v) is 13.5. The van der Waals surface area contributed by atoms with E-state index in [1.807, 2.05) is 19.2 Å². The molecule has 2 fully saturated rings. The standard InChI is InChI=1S/C30H41NO2/c1-2-33-30(32)25-21-26(23-15-9-5-3-6-10-16-23)29(28-19-13-14-20-31-28)27(22-25)24-17-11-7-4-8-12-18-24/h13-14,19-24H,2-12,15-18H2,1H3. The maximum absolute atomic E-state index is 13.0. The molecule has 3 nitrogen and oxygen atoms in total. The van der Waals surface area contributed by atoms with Gasteiger partial charge in [-0.1, -0.05) is 70.3 Å². The van der Waals surface area contributed by atoms with Crippen molar-refractivity contribution in [2.45, 2.75) is 109 Å². The fraction of sp³-hybridized carbons (Fsp3) is 0.600. The van der Waals surface area contributed by atoms with Crippen molar-refractivity contribution in [3.05, 3.63) is 53.2 Å². The van der Waals surface area contributed by atoms with E-state index in [1.165, 1.54) is 107 Å². The average molecular weight is 448 g/mol. The van der Waals surface area contributed by atoms with Gasteiger partial charge in [-0.2, -0.15) is 0 Å². The Hall–Kier alpha value is -2.16. The van der Waals surface area contributed by atoms with Gasteiger partial charge in [0, 0.05) is 11.8 Å². The highest BCUT2D eigenvalue weighted by Crippen LogP contribution is 2.44. The fourth-order valence-corrected chi connectivity index (χ4v) is 6.00. The molecule has 0 bridgehead atoms. The molecule has 0 radical (unpaired) electrons. The van der Waals surface area contributed by atoms with Crippen LogP contribution < -0.4 is 0 Å². The first-order valence-electron chi connectivity index (χ1n) is 13.5. The molecule has 2 aliphatic rings. The van der Waals surface area contributed by atoms with Crippen molar-refractivity contribution >= 4 is 5.97 Å². The zero-order valence-electron chi connectivity index (χ0n) is 20.5. The van der Waals surface area contributed by atoms with Gasteiger partial charge < -0.3 is 4.74 Å². The summed E-state index contributed by atoms with van der Waals surface area (Å²) in [7, 11) is 0. The Morgan fingerprint density at radius 3 is 1.79 bits per heavy atom. The van der Waals surface area contributed by atoms with Gasteiger partial charge in [0.1, 0.15) is 0 Å². The number of ether oxygens (including phenoxy) is 1. The Bertz CT molecular complexity index is 832. The molecular formula is C30H41NO2. The molecule has 3 heteroatoms. The van der Waals surface area contributed by atoms with Gasteiger partial charge in [-0.25, -0.2) is 4.79 Å². The highest BCUT2D eigenvalue weighted by Gasteiger charge is 2.27. The summed E-state index contributed by atoms with van der Waals surface area (Å²) in [6.07, 6.45) is 19.8. The highest BCUT2D eigenvalue weighted by molar-refractivity contribution is 5.91. The third kappa shape index (κ3) is 6.25. The SMILES string of the molecule is CCOC(=O)c1cc(C2CCCCCCC2)c(-c2ccccn2)c(C2CCCCCCC2)c1. The second-order valence-electron chi connectivity index (χ2n) is 10.0. The largest absolute Gasteiger partial charge is 0.462 e. The van der Waals surface area contributed by atoms with Gasteiger partial charge >= 0.3 is 5.97 Å². The van der Waals surface area contributed by atoms with Gasteiger partial charge in [-0.05, 0) is 79.8 Å². The lowest BCUT2D eigenvalue weighted by molar-refractivity contribution is 0.0526. The lowest BCUT2D eigenvalue weighted by Crippen LogP contribution is -2.14. The summed E-state index contributed by atoms with van der Waals surface area (Å²) in [5.74, 6) is 0.803. The summed E-state index contributed by atoms with van der Waals surface area (Å²) in [5, 5.41) is 0. The van der Waals surface area contributed by atoms with Crippen molar-refractivity contribution in [2.24, 2.45) is 0 Å². The Labute approximate surface area is 200 Å². The van der Waals surface area contributed by atoms with Crippen LogP contribution in [0.15, 0.2) is 36.5 Å². The average Bonchev–Trinajstić information content (AvgIpc) is 2.79. The van der Waals surface area contributed by atoms with Crippen molar-refractivity contribution in [1.82, 2.24) is 4.98 Å². The Kier molecular flexibility index (Phi) is 8.97. The molecule has 0 atom stereocenters. The summed E-state index contributed by atoms with van der Waals surface area (Å²) in [4.78, 5) is 17.8. The van der Waals surface area contributed by atoms with Crippen LogP contribution in [0.5, 0.6) is 0 Å². The molecule has 2 aliphatic carbocycles. The Balaban J connectivity index is 1.87. The molecule has 4 rings (SSSR count). The zero-order chi connectivity index (χ0) is 22.9. The molecule has 33 heavy (non-hydrogen) atoms. The van der Waals surface area contributed by atoms with Gasteiger partial charge in [0.25, 0.3) is 0 Å². The number of carbonyl (C=O) groups excluding carboxylic acids is 1. The summed E-state index contributed by atoms with van der Waals surface area (Å²) < 4.78 is 5.49. The van der Waals surface area contributed by atoms with E-state index in [1.54, 1.807) is 0 Å². The molecule has 0 amide bonds. The van der Waals surface area contributed by atoms with Crippen molar-refractivity contribution in [2.75, 3.05) is 6.61 Å². The van der Waals surface area contributed by atoms with Crippen LogP contribution in [0.25, 0.3) is 11.3 Å². The van der Waals surface area contributed by atoms with Crippen molar-refractivity contribution < 1.29 is 9.53 Å². The van der Waals surface area contributed by atoms with Gasteiger partial charge in [-0.3, -0.25) is 4.98 Å². The quantitative estimate of drug-likeness (QED) is 0.431. The van der Waals surface area contributed by atoms with Crippen LogP contribution in [0, 0.1) is 0 Å². The van der Waals surface area contributed by atoms with Gasteiger partial charge in [-0.15, -0.1) is 0 Å². The van der Waals surface area contributed by atoms with Crippen LogP contribution in [0.3, 0.4) is 0 Å². The molecule has 178 valence electrons. The van der Waals surface area contributed by atoms with Crippen LogP contribution in [0.1, 0.15) is 130 Å². The molecule has 0 spiro atoms. The molecule has 1 aromatic heterocycles. The first kappa shape index (κ1) is 24.0. The van der Waals surface area contributed by atoms with Gasteiger partial charge in [0.2, 0.25) is 0 Å². The predicted molar refractivity (Wildman–Crippen MR) is 136 cm³/mol. The number of rotatable bonds is 5. The molecular weight excluding hydrogens is 406 g/mol. The lowest BCUT2D eigenvalue weighted by atomic mass is 9.76. The van der Waals surface area contributed by atoms with Crippen LogP contribution in [-0.2, 0) is 4.74 Å². The van der Waals surface area contributed by atoms with E-state index in [0.717, 1.165) is 11.3 Å². The van der Waals surface area contributed by atoms with E-state index in [9.17, 15) is 4.79 Å². The number of hydrogen-bond donors (Lipinski definition) is 0. The topological polar surface area (TPSA) is 39.2 Å². The number of benzene rings is 1. The Morgan fingerprint density at radius 2 is 1.33 bits per heavy atom. The van der Waals surface area contributed by atoms with E-state index in [4.69, 9.17) is 9.72 Å². The zero-order valence-corrected chi connectivity index (χ0v) is 20.5. The Morgan fingerprint density at radius 1 is 0.818 bits per heavy atom. The van der Waals surface area contributed by atoms with Crippen molar-refractivity contribution in [3.8, 4) is 11.3 Å². The molecule has 2 saturated carbocycles. The number of carbonyl (C=O) groups is 1. The van der Waals surface area contributed by atoms with E-state index >= 15 is 0 Å². The number of nitrogens with zero attached hydrogens (tertiary/aromatic N) is 1. The minimum Gasteiger partial charge on any atom is -0.462 e. The highest BCUT2D eigenvalue weighted by atomic mass is 16.5. The summed E-state index contributed by atoms with van der Waals surface area (Å²) in [5.41, 5.74) is 5.82. The monoisotopic (exact) mass is 447 g/mol. The number of pyridine rings is 1. The van der Waals surface area contributed by atoms with Crippen molar-refractivity contribution in [3.63, 3.8) is 0 Å². The predicted octanol–water partition coefficient (Wildman–Crippen LogP) is 8.58.